The minimum absolute atomic E-state index is 0.0944. The molecule has 88 valence electrons. The van der Waals surface area contributed by atoms with Crippen LogP contribution < -0.4 is 11.1 Å². The third-order valence-corrected chi connectivity index (χ3v) is 2.38. The number of hydrogen-bond acceptors (Lipinski definition) is 2. The third kappa shape index (κ3) is 4.34. The Morgan fingerprint density at radius 3 is 2.69 bits per heavy atom. The average molecular weight is 220 g/mol. The number of aryl methyl sites for hydroxylation is 1. The Labute approximate surface area is 97.0 Å². The monoisotopic (exact) mass is 220 g/mol. The molecule has 0 bridgehead atoms. The number of amides is 1. The SMILES string of the molecule is CC(C)CNC(=O)CCc1ccccc1N. The minimum atomic E-state index is 0.0944. The standard InChI is InChI=1S/C13H20N2O/c1-10(2)9-15-13(16)8-7-11-5-3-4-6-12(11)14/h3-6,10H,7-9,14H2,1-2H3,(H,15,16). The quantitative estimate of drug-likeness (QED) is 0.745. The molecule has 0 spiro atoms. The second-order valence-electron chi connectivity index (χ2n) is 4.40. The summed E-state index contributed by atoms with van der Waals surface area (Å²) in [7, 11) is 0. The van der Waals surface area contributed by atoms with Gasteiger partial charge in [-0.1, -0.05) is 32.0 Å². The second kappa shape index (κ2) is 6.16. The van der Waals surface area contributed by atoms with Gasteiger partial charge in [-0.05, 0) is 24.0 Å². The second-order valence-corrected chi connectivity index (χ2v) is 4.40. The molecule has 0 aliphatic rings. The van der Waals surface area contributed by atoms with E-state index in [2.05, 4.69) is 19.2 Å². The van der Waals surface area contributed by atoms with Crippen molar-refractivity contribution >= 4 is 11.6 Å². The van der Waals surface area contributed by atoms with Crippen molar-refractivity contribution in [2.24, 2.45) is 5.92 Å². The molecule has 0 aliphatic heterocycles. The van der Waals surface area contributed by atoms with E-state index in [1.807, 2.05) is 24.3 Å². The Morgan fingerprint density at radius 2 is 2.06 bits per heavy atom. The van der Waals surface area contributed by atoms with Gasteiger partial charge in [0.15, 0.2) is 0 Å². The van der Waals surface area contributed by atoms with Gasteiger partial charge in [0.1, 0.15) is 0 Å². The fourth-order valence-corrected chi connectivity index (χ4v) is 1.42. The summed E-state index contributed by atoms with van der Waals surface area (Å²) in [5.74, 6) is 0.586. The zero-order valence-electron chi connectivity index (χ0n) is 9.99. The highest BCUT2D eigenvalue weighted by molar-refractivity contribution is 5.76. The lowest BCUT2D eigenvalue weighted by atomic mass is 10.1. The lowest BCUT2D eigenvalue weighted by molar-refractivity contribution is -0.121. The molecule has 3 nitrogen and oxygen atoms in total. The van der Waals surface area contributed by atoms with E-state index in [4.69, 9.17) is 5.73 Å². The van der Waals surface area contributed by atoms with Crippen LogP contribution in [-0.4, -0.2) is 12.5 Å². The number of nitrogens with one attached hydrogen (secondary N) is 1. The number of rotatable bonds is 5. The summed E-state index contributed by atoms with van der Waals surface area (Å²) in [6, 6.07) is 7.67. The van der Waals surface area contributed by atoms with Crippen LogP contribution >= 0.6 is 0 Å². The van der Waals surface area contributed by atoms with Crippen molar-refractivity contribution in [3.8, 4) is 0 Å². The van der Waals surface area contributed by atoms with Crippen molar-refractivity contribution in [3.63, 3.8) is 0 Å². The van der Waals surface area contributed by atoms with Crippen LogP contribution in [0, 0.1) is 5.92 Å². The summed E-state index contributed by atoms with van der Waals surface area (Å²) in [4.78, 5) is 11.5. The van der Waals surface area contributed by atoms with Gasteiger partial charge in [0.2, 0.25) is 5.91 Å². The third-order valence-electron chi connectivity index (χ3n) is 2.38. The summed E-state index contributed by atoms with van der Waals surface area (Å²) in [6.45, 7) is 4.90. The predicted molar refractivity (Wildman–Crippen MR) is 67.0 cm³/mol. The Morgan fingerprint density at radius 1 is 1.38 bits per heavy atom. The maximum atomic E-state index is 11.5. The van der Waals surface area contributed by atoms with Crippen LogP contribution in [-0.2, 0) is 11.2 Å². The molecule has 0 unspecified atom stereocenters. The van der Waals surface area contributed by atoms with Crippen molar-refractivity contribution in [2.75, 3.05) is 12.3 Å². The first kappa shape index (κ1) is 12.6. The van der Waals surface area contributed by atoms with Gasteiger partial charge in [0.05, 0.1) is 0 Å². The Bertz CT molecular complexity index is 348. The van der Waals surface area contributed by atoms with Crippen LogP contribution in [0.4, 0.5) is 5.69 Å². The molecule has 1 amide bonds. The molecule has 16 heavy (non-hydrogen) atoms. The molecule has 0 aliphatic carbocycles. The number of nitrogens with two attached hydrogens (primary N) is 1. The zero-order chi connectivity index (χ0) is 12.0. The molecule has 0 atom stereocenters. The smallest absolute Gasteiger partial charge is 0.220 e. The first-order chi connectivity index (χ1) is 7.59. The number of carbonyl (C=O) groups is 1. The lowest BCUT2D eigenvalue weighted by Gasteiger charge is -2.08. The zero-order valence-corrected chi connectivity index (χ0v) is 9.99. The van der Waals surface area contributed by atoms with Crippen LogP contribution in [0.2, 0.25) is 0 Å². The Kier molecular flexibility index (Phi) is 4.83. The molecule has 1 rings (SSSR count). The maximum absolute atomic E-state index is 11.5. The summed E-state index contributed by atoms with van der Waals surface area (Å²) in [5, 5.41) is 2.89. The summed E-state index contributed by atoms with van der Waals surface area (Å²) < 4.78 is 0. The number of anilines is 1. The summed E-state index contributed by atoms with van der Waals surface area (Å²) in [5.41, 5.74) is 7.60. The molecule has 3 heteroatoms. The maximum Gasteiger partial charge on any atom is 0.220 e. The fraction of sp³-hybridized carbons (Fsp3) is 0.462. The predicted octanol–water partition coefficient (Wildman–Crippen LogP) is 1.97. The first-order valence-corrected chi connectivity index (χ1v) is 5.69. The van der Waals surface area contributed by atoms with E-state index in [9.17, 15) is 4.79 Å². The average Bonchev–Trinajstić information content (AvgIpc) is 2.25. The number of para-hydroxylation sites is 1. The van der Waals surface area contributed by atoms with Gasteiger partial charge in [-0.15, -0.1) is 0 Å². The van der Waals surface area contributed by atoms with Crippen molar-refractivity contribution in [3.05, 3.63) is 29.8 Å². The molecule has 0 heterocycles. The number of benzene rings is 1. The largest absolute Gasteiger partial charge is 0.399 e. The highest BCUT2D eigenvalue weighted by atomic mass is 16.1. The topological polar surface area (TPSA) is 55.1 Å². The normalized spacial score (nSPS) is 10.4. The first-order valence-electron chi connectivity index (χ1n) is 5.69. The number of carbonyl (C=O) groups excluding carboxylic acids is 1. The van der Waals surface area contributed by atoms with Gasteiger partial charge in [-0.2, -0.15) is 0 Å². The molecule has 1 aromatic rings. The van der Waals surface area contributed by atoms with Gasteiger partial charge in [0.25, 0.3) is 0 Å². The van der Waals surface area contributed by atoms with Gasteiger partial charge in [0, 0.05) is 18.7 Å². The van der Waals surface area contributed by atoms with Gasteiger partial charge >= 0.3 is 0 Å². The van der Waals surface area contributed by atoms with E-state index < -0.39 is 0 Å². The molecule has 0 aromatic heterocycles. The van der Waals surface area contributed by atoms with E-state index in [-0.39, 0.29) is 5.91 Å². The Balaban J connectivity index is 2.35. The van der Waals surface area contributed by atoms with Gasteiger partial charge in [-0.3, -0.25) is 4.79 Å². The van der Waals surface area contributed by atoms with E-state index in [0.717, 1.165) is 17.8 Å². The minimum Gasteiger partial charge on any atom is -0.399 e. The highest BCUT2D eigenvalue weighted by Crippen LogP contribution is 2.12. The molecular formula is C13H20N2O. The van der Waals surface area contributed by atoms with E-state index in [1.165, 1.54) is 0 Å². The Hall–Kier alpha value is -1.51. The molecule has 0 fully saturated rings. The molecule has 1 aromatic carbocycles. The molecule has 0 radical (unpaired) electrons. The number of nitrogen functional groups attached to an aromatic ring is 1. The lowest BCUT2D eigenvalue weighted by Crippen LogP contribution is -2.27. The van der Waals surface area contributed by atoms with Crippen molar-refractivity contribution in [1.82, 2.24) is 5.32 Å². The van der Waals surface area contributed by atoms with Crippen molar-refractivity contribution in [1.29, 1.82) is 0 Å². The molecule has 3 N–H and O–H groups in total. The van der Waals surface area contributed by atoms with E-state index in [0.29, 0.717) is 18.8 Å². The molecule has 0 saturated heterocycles. The van der Waals surface area contributed by atoms with Gasteiger partial charge in [-0.25, -0.2) is 0 Å². The van der Waals surface area contributed by atoms with Crippen LogP contribution in [0.25, 0.3) is 0 Å². The van der Waals surface area contributed by atoms with Crippen LogP contribution in [0.5, 0.6) is 0 Å². The van der Waals surface area contributed by atoms with E-state index >= 15 is 0 Å². The van der Waals surface area contributed by atoms with Gasteiger partial charge < -0.3 is 11.1 Å². The van der Waals surface area contributed by atoms with E-state index in [1.54, 1.807) is 0 Å². The highest BCUT2D eigenvalue weighted by Gasteiger charge is 2.04. The summed E-state index contributed by atoms with van der Waals surface area (Å²) in [6.07, 6.45) is 1.21. The fourth-order valence-electron chi connectivity index (χ4n) is 1.42. The molecular weight excluding hydrogens is 200 g/mol. The number of hydrogen-bond donors (Lipinski definition) is 2. The van der Waals surface area contributed by atoms with Crippen LogP contribution in [0.15, 0.2) is 24.3 Å². The summed E-state index contributed by atoms with van der Waals surface area (Å²) >= 11 is 0. The molecule has 0 saturated carbocycles. The van der Waals surface area contributed by atoms with Crippen LogP contribution in [0.3, 0.4) is 0 Å². The van der Waals surface area contributed by atoms with Crippen molar-refractivity contribution < 1.29 is 4.79 Å². The van der Waals surface area contributed by atoms with Crippen LogP contribution in [0.1, 0.15) is 25.8 Å². The van der Waals surface area contributed by atoms with Crippen molar-refractivity contribution in [2.45, 2.75) is 26.7 Å².